The molecule has 0 amide bonds. The van der Waals surface area contributed by atoms with Crippen molar-refractivity contribution in [2.24, 2.45) is 0 Å². The number of thiophene rings is 2. The highest BCUT2D eigenvalue weighted by Crippen LogP contribution is 2.41. The molecule has 112 valence electrons. The number of alkyl halides is 2. The predicted octanol–water partition coefficient (Wildman–Crippen LogP) is 7.67. The van der Waals surface area contributed by atoms with E-state index in [0.29, 0.717) is 0 Å². The highest BCUT2D eigenvalue weighted by molar-refractivity contribution is 8.02. The molecule has 2 rings (SSSR count). The fourth-order valence-corrected chi connectivity index (χ4v) is 5.87. The van der Waals surface area contributed by atoms with Gasteiger partial charge in [0.15, 0.2) is 0 Å². The van der Waals surface area contributed by atoms with Gasteiger partial charge in [0.25, 0.3) is 0 Å². The third-order valence-electron chi connectivity index (χ3n) is 2.67. The first-order chi connectivity index (χ1) is 10.1. The van der Waals surface area contributed by atoms with Gasteiger partial charge in [-0.1, -0.05) is 36.1 Å². The summed E-state index contributed by atoms with van der Waals surface area (Å²) < 4.78 is 2.51. The molecule has 2 unspecified atom stereocenters. The lowest BCUT2D eigenvalue weighted by Crippen LogP contribution is -1.77. The molecule has 2 aromatic rings. The fourth-order valence-electron chi connectivity index (χ4n) is 1.70. The highest BCUT2D eigenvalue weighted by atomic mass is 35.5. The molecule has 0 nitrogen and oxygen atoms in total. The Hall–Kier alpha value is -0.190. The normalized spacial score (nSPS) is 15.0. The van der Waals surface area contributed by atoms with Gasteiger partial charge in [-0.25, -0.2) is 0 Å². The molecule has 21 heavy (non-hydrogen) atoms. The topological polar surface area (TPSA) is 0 Å². The van der Waals surface area contributed by atoms with E-state index >= 15 is 0 Å². The van der Waals surface area contributed by atoms with Crippen LogP contribution in [0.15, 0.2) is 57.0 Å². The molecule has 0 N–H and O–H groups in total. The zero-order valence-corrected chi connectivity index (χ0v) is 15.7. The first-order valence-corrected chi connectivity index (χ1v) is 9.87. The van der Waals surface area contributed by atoms with Crippen molar-refractivity contribution in [2.75, 3.05) is 0 Å². The summed E-state index contributed by atoms with van der Waals surface area (Å²) in [5.41, 5.74) is 0. The number of allylic oxidation sites excluding steroid dienone is 4. The van der Waals surface area contributed by atoms with Gasteiger partial charge in [0.2, 0.25) is 0 Å². The van der Waals surface area contributed by atoms with Gasteiger partial charge < -0.3 is 0 Å². The Morgan fingerprint density at radius 2 is 1.29 bits per heavy atom. The van der Waals surface area contributed by atoms with Crippen LogP contribution in [0.2, 0.25) is 0 Å². The predicted molar refractivity (Wildman–Crippen MR) is 99.6 cm³/mol. The zero-order chi connectivity index (χ0) is 15.2. The molecule has 0 fully saturated rings. The van der Waals surface area contributed by atoms with Crippen LogP contribution in [0.4, 0.5) is 0 Å². The summed E-state index contributed by atoms with van der Waals surface area (Å²) in [5.74, 6) is 0. The first kappa shape index (κ1) is 17.2. The van der Waals surface area contributed by atoms with E-state index in [9.17, 15) is 0 Å². The lowest BCUT2D eigenvalue weighted by atomic mass is 10.3. The summed E-state index contributed by atoms with van der Waals surface area (Å²) in [6.45, 7) is 3.97. The van der Waals surface area contributed by atoms with E-state index in [-0.39, 0.29) is 10.8 Å². The van der Waals surface area contributed by atoms with E-state index in [2.05, 4.69) is 24.3 Å². The van der Waals surface area contributed by atoms with E-state index in [0.717, 1.165) is 0 Å². The van der Waals surface area contributed by atoms with Crippen LogP contribution in [0.5, 0.6) is 0 Å². The molecule has 0 aliphatic heterocycles. The van der Waals surface area contributed by atoms with Gasteiger partial charge in [-0.3, -0.25) is 0 Å². The maximum Gasteiger partial charge on any atom is 0.0859 e. The minimum atomic E-state index is -0.0323. The van der Waals surface area contributed by atoms with E-state index in [1.54, 1.807) is 34.4 Å². The van der Waals surface area contributed by atoms with E-state index in [1.165, 1.54) is 18.2 Å². The van der Waals surface area contributed by atoms with Crippen LogP contribution in [-0.4, -0.2) is 0 Å². The van der Waals surface area contributed by atoms with Crippen molar-refractivity contribution >= 4 is 57.6 Å². The van der Waals surface area contributed by atoms with E-state index in [4.69, 9.17) is 23.2 Å². The van der Waals surface area contributed by atoms with E-state index in [1.807, 2.05) is 38.2 Å². The third-order valence-corrected chi connectivity index (χ3v) is 7.29. The summed E-state index contributed by atoms with van der Waals surface area (Å²) in [6, 6.07) is 8.47. The lowest BCUT2D eigenvalue weighted by molar-refractivity contribution is 1.27. The van der Waals surface area contributed by atoms with Crippen LogP contribution >= 0.6 is 57.6 Å². The van der Waals surface area contributed by atoms with Crippen molar-refractivity contribution in [3.8, 4) is 0 Å². The number of rotatable bonds is 6. The molecular weight excluding hydrogens is 359 g/mol. The SMILES string of the molecule is C/C=C/C(Cl)c1ccc(Sc2ccc(C(Cl)/C=C/C)s2)s1. The highest BCUT2D eigenvalue weighted by Gasteiger charge is 2.11. The molecule has 0 aliphatic carbocycles. The molecule has 0 aromatic carbocycles. The number of hydrogen-bond acceptors (Lipinski definition) is 3. The summed E-state index contributed by atoms with van der Waals surface area (Å²) >= 11 is 17.8. The van der Waals surface area contributed by atoms with Gasteiger partial charge in [0.05, 0.1) is 19.2 Å². The second-order valence-corrected chi connectivity index (χ2v) is 9.04. The second-order valence-electron chi connectivity index (χ2n) is 4.27. The van der Waals surface area contributed by atoms with Crippen molar-refractivity contribution in [1.82, 2.24) is 0 Å². The van der Waals surface area contributed by atoms with Crippen molar-refractivity contribution in [3.05, 3.63) is 58.3 Å². The Morgan fingerprint density at radius 1 is 0.857 bits per heavy atom. The minimum absolute atomic E-state index is 0.0323. The van der Waals surface area contributed by atoms with Gasteiger partial charge in [0, 0.05) is 9.75 Å². The Kier molecular flexibility index (Phi) is 6.90. The molecule has 0 spiro atoms. The van der Waals surface area contributed by atoms with Crippen LogP contribution in [-0.2, 0) is 0 Å². The molecule has 2 heterocycles. The first-order valence-electron chi connectivity index (χ1n) is 6.55. The molecule has 2 atom stereocenters. The second kappa shape index (κ2) is 8.44. The maximum absolute atomic E-state index is 6.29. The molecule has 5 heteroatoms. The molecule has 0 saturated heterocycles. The Labute approximate surface area is 148 Å². The van der Waals surface area contributed by atoms with E-state index < -0.39 is 0 Å². The van der Waals surface area contributed by atoms with Gasteiger partial charge in [-0.15, -0.1) is 45.9 Å². The van der Waals surface area contributed by atoms with Crippen LogP contribution in [0.25, 0.3) is 0 Å². The van der Waals surface area contributed by atoms with Gasteiger partial charge in [0.1, 0.15) is 0 Å². The summed E-state index contributed by atoms with van der Waals surface area (Å²) in [7, 11) is 0. The van der Waals surface area contributed by atoms with Crippen molar-refractivity contribution in [2.45, 2.75) is 33.0 Å². The third kappa shape index (κ3) is 4.90. The molecule has 0 saturated carbocycles. The average Bonchev–Trinajstić information content (AvgIpc) is 3.09. The van der Waals surface area contributed by atoms with Crippen LogP contribution < -0.4 is 0 Å². The number of hydrogen-bond donors (Lipinski definition) is 0. The maximum atomic E-state index is 6.29. The van der Waals surface area contributed by atoms with Crippen LogP contribution in [0.3, 0.4) is 0 Å². The number of halogens is 2. The quantitative estimate of drug-likeness (QED) is 0.369. The molecule has 0 radical (unpaired) electrons. The minimum Gasteiger partial charge on any atom is -0.132 e. The average molecular weight is 375 g/mol. The fraction of sp³-hybridized carbons (Fsp3) is 0.250. The van der Waals surface area contributed by atoms with Gasteiger partial charge in [-0.05, 0) is 38.1 Å². The largest absolute Gasteiger partial charge is 0.132 e. The monoisotopic (exact) mass is 374 g/mol. The summed E-state index contributed by atoms with van der Waals surface area (Å²) in [6.07, 6.45) is 7.97. The zero-order valence-electron chi connectivity index (χ0n) is 11.8. The smallest absolute Gasteiger partial charge is 0.0859 e. The molecule has 0 aliphatic rings. The van der Waals surface area contributed by atoms with Crippen molar-refractivity contribution in [3.63, 3.8) is 0 Å². The summed E-state index contributed by atoms with van der Waals surface area (Å²) in [4.78, 5) is 2.36. The van der Waals surface area contributed by atoms with Crippen molar-refractivity contribution < 1.29 is 0 Å². The van der Waals surface area contributed by atoms with Crippen LogP contribution in [0.1, 0.15) is 34.4 Å². The van der Waals surface area contributed by atoms with Gasteiger partial charge in [-0.2, -0.15) is 0 Å². The Balaban J connectivity index is 2.05. The Bertz CT molecular complexity index is 571. The molecular formula is C16H16Cl2S3. The lowest BCUT2D eigenvalue weighted by Gasteiger charge is -1.99. The van der Waals surface area contributed by atoms with Crippen LogP contribution in [0, 0.1) is 0 Å². The Morgan fingerprint density at radius 3 is 1.67 bits per heavy atom. The molecule has 2 aromatic heterocycles. The van der Waals surface area contributed by atoms with Crippen molar-refractivity contribution in [1.29, 1.82) is 0 Å². The molecule has 0 bridgehead atoms. The summed E-state index contributed by atoms with van der Waals surface area (Å²) in [5, 5.41) is -0.0645. The van der Waals surface area contributed by atoms with Gasteiger partial charge >= 0.3 is 0 Å². The standard InChI is InChI=1S/C16H16Cl2S3/c1-3-5-11(17)13-7-9-15(19-13)21-16-10-8-14(20-16)12(18)6-4-2/h3-12H,1-2H3/b5-3+,6-4+.